The van der Waals surface area contributed by atoms with E-state index in [-0.39, 0.29) is 18.3 Å². The molecule has 1 aliphatic rings. The number of benzene rings is 1. The van der Waals surface area contributed by atoms with Crippen molar-refractivity contribution < 1.29 is 13.9 Å². The van der Waals surface area contributed by atoms with E-state index in [0.29, 0.717) is 22.8 Å². The molecule has 102 valence electrons. The Labute approximate surface area is 116 Å². The van der Waals surface area contributed by atoms with Gasteiger partial charge in [0.25, 0.3) is 5.91 Å². The molecule has 0 saturated heterocycles. The number of nitriles is 1. The number of fused-ring (bicyclic) bond motifs is 1. The summed E-state index contributed by atoms with van der Waals surface area (Å²) in [6.45, 7) is -0.0782. The Kier molecular flexibility index (Phi) is 3.07. The molecular formula is C15H14N2O3. The fraction of sp³-hybridized carbons (Fsp3) is 0.333. The van der Waals surface area contributed by atoms with Crippen LogP contribution in [0, 0.1) is 11.3 Å². The van der Waals surface area contributed by atoms with Gasteiger partial charge in [-0.3, -0.25) is 4.79 Å². The number of ether oxygens (including phenoxy) is 1. The number of para-hydroxylation sites is 1. The quantitative estimate of drug-likeness (QED) is 0.855. The van der Waals surface area contributed by atoms with E-state index in [1.807, 2.05) is 24.3 Å². The van der Waals surface area contributed by atoms with Crippen LogP contribution >= 0.6 is 0 Å². The highest BCUT2D eigenvalue weighted by Gasteiger charge is 2.30. The van der Waals surface area contributed by atoms with Gasteiger partial charge >= 0.3 is 0 Å². The van der Waals surface area contributed by atoms with Crippen LogP contribution in [0.25, 0.3) is 11.0 Å². The number of amides is 1. The highest BCUT2D eigenvalue weighted by molar-refractivity contribution is 5.87. The lowest BCUT2D eigenvalue weighted by Gasteiger charge is -2.16. The number of hydrogen-bond donors (Lipinski definition) is 0. The van der Waals surface area contributed by atoms with Crippen LogP contribution in [0.3, 0.4) is 0 Å². The van der Waals surface area contributed by atoms with Gasteiger partial charge in [-0.15, -0.1) is 0 Å². The average Bonchev–Trinajstić information content (AvgIpc) is 3.25. The summed E-state index contributed by atoms with van der Waals surface area (Å²) >= 11 is 0. The summed E-state index contributed by atoms with van der Waals surface area (Å²) in [5, 5.41) is 9.79. The normalized spacial score (nSPS) is 14.0. The van der Waals surface area contributed by atoms with E-state index in [0.717, 1.165) is 12.8 Å². The fourth-order valence-corrected chi connectivity index (χ4v) is 2.14. The van der Waals surface area contributed by atoms with E-state index >= 15 is 0 Å². The minimum absolute atomic E-state index is 0.0782. The highest BCUT2D eigenvalue weighted by atomic mass is 16.5. The highest BCUT2D eigenvalue weighted by Crippen LogP contribution is 2.32. The van der Waals surface area contributed by atoms with Crippen LogP contribution in [-0.4, -0.2) is 30.5 Å². The zero-order valence-corrected chi connectivity index (χ0v) is 11.1. The van der Waals surface area contributed by atoms with E-state index in [1.165, 1.54) is 0 Å². The van der Waals surface area contributed by atoms with Gasteiger partial charge in [0.05, 0.1) is 5.39 Å². The second kappa shape index (κ2) is 4.89. The van der Waals surface area contributed by atoms with Gasteiger partial charge in [0.15, 0.2) is 12.4 Å². The summed E-state index contributed by atoms with van der Waals surface area (Å²) in [5.41, 5.74) is 0.585. The molecule has 1 aliphatic carbocycles. The topological polar surface area (TPSA) is 66.5 Å². The Morgan fingerprint density at radius 1 is 1.50 bits per heavy atom. The van der Waals surface area contributed by atoms with Crippen molar-refractivity contribution in [1.82, 2.24) is 4.90 Å². The second-order valence-corrected chi connectivity index (χ2v) is 4.89. The predicted molar refractivity (Wildman–Crippen MR) is 72.2 cm³/mol. The molecular weight excluding hydrogens is 256 g/mol. The summed E-state index contributed by atoms with van der Waals surface area (Å²) < 4.78 is 10.9. The van der Waals surface area contributed by atoms with Crippen LogP contribution in [0.1, 0.15) is 18.6 Å². The van der Waals surface area contributed by atoms with Crippen molar-refractivity contribution in [2.24, 2.45) is 0 Å². The molecule has 1 amide bonds. The van der Waals surface area contributed by atoms with Crippen LogP contribution in [-0.2, 0) is 4.79 Å². The monoisotopic (exact) mass is 270 g/mol. The lowest BCUT2D eigenvalue weighted by molar-refractivity contribution is -0.132. The molecule has 5 heteroatoms. The lowest BCUT2D eigenvalue weighted by Crippen LogP contribution is -2.33. The maximum absolute atomic E-state index is 11.9. The standard InChI is InChI=1S/C15H14N2O3/c1-17(10-6-7-10)14(18)9-19-15-11-4-2-3-5-12(11)20-13(15)8-16/h2-5,10H,6-7,9H2,1H3. The Morgan fingerprint density at radius 3 is 2.95 bits per heavy atom. The molecule has 3 rings (SSSR count). The maximum Gasteiger partial charge on any atom is 0.260 e. The SMILES string of the molecule is CN(C(=O)COc1c(C#N)oc2ccccc12)C1CC1. The van der Waals surface area contributed by atoms with Gasteiger partial charge in [-0.25, -0.2) is 0 Å². The first-order valence-corrected chi connectivity index (χ1v) is 6.51. The summed E-state index contributed by atoms with van der Waals surface area (Å²) in [6.07, 6.45) is 2.11. The molecule has 2 aromatic rings. The van der Waals surface area contributed by atoms with Gasteiger partial charge in [-0.2, -0.15) is 5.26 Å². The Morgan fingerprint density at radius 2 is 2.25 bits per heavy atom. The molecule has 1 aromatic heterocycles. The van der Waals surface area contributed by atoms with Crippen molar-refractivity contribution in [3.63, 3.8) is 0 Å². The Bertz CT molecular complexity index is 695. The van der Waals surface area contributed by atoms with Crippen molar-refractivity contribution in [1.29, 1.82) is 5.26 Å². The summed E-state index contributed by atoms with van der Waals surface area (Å²) in [7, 11) is 1.78. The van der Waals surface area contributed by atoms with E-state index in [1.54, 1.807) is 18.0 Å². The molecule has 0 unspecified atom stereocenters. The number of carbonyl (C=O) groups excluding carboxylic acids is 1. The molecule has 1 saturated carbocycles. The maximum atomic E-state index is 11.9. The third-order valence-corrected chi connectivity index (χ3v) is 3.48. The minimum atomic E-state index is -0.0818. The smallest absolute Gasteiger partial charge is 0.260 e. The van der Waals surface area contributed by atoms with Crippen LogP contribution in [0.5, 0.6) is 5.75 Å². The van der Waals surface area contributed by atoms with Crippen molar-refractivity contribution in [2.75, 3.05) is 13.7 Å². The molecule has 1 heterocycles. The second-order valence-electron chi connectivity index (χ2n) is 4.89. The summed E-state index contributed by atoms with van der Waals surface area (Å²) in [4.78, 5) is 13.6. The van der Waals surface area contributed by atoms with Crippen LogP contribution < -0.4 is 4.74 Å². The van der Waals surface area contributed by atoms with E-state index < -0.39 is 0 Å². The Hall–Kier alpha value is -2.48. The van der Waals surface area contributed by atoms with Crippen molar-refractivity contribution >= 4 is 16.9 Å². The molecule has 1 fully saturated rings. The molecule has 0 atom stereocenters. The van der Waals surface area contributed by atoms with E-state index in [4.69, 9.17) is 14.4 Å². The summed E-state index contributed by atoms with van der Waals surface area (Å²) in [5.74, 6) is 0.371. The van der Waals surface area contributed by atoms with Crippen LogP contribution in [0.15, 0.2) is 28.7 Å². The zero-order chi connectivity index (χ0) is 14.1. The van der Waals surface area contributed by atoms with Crippen molar-refractivity contribution in [2.45, 2.75) is 18.9 Å². The first-order chi connectivity index (χ1) is 9.70. The van der Waals surface area contributed by atoms with Gasteiger partial charge in [0.1, 0.15) is 11.7 Å². The minimum Gasteiger partial charge on any atom is -0.478 e. The first-order valence-electron chi connectivity index (χ1n) is 6.51. The van der Waals surface area contributed by atoms with Gasteiger partial charge in [-0.05, 0) is 25.0 Å². The zero-order valence-electron chi connectivity index (χ0n) is 11.1. The Balaban J connectivity index is 1.80. The molecule has 20 heavy (non-hydrogen) atoms. The number of hydrogen-bond acceptors (Lipinski definition) is 4. The fourth-order valence-electron chi connectivity index (χ4n) is 2.14. The van der Waals surface area contributed by atoms with Crippen molar-refractivity contribution in [3.05, 3.63) is 30.0 Å². The number of rotatable bonds is 4. The molecule has 0 N–H and O–H groups in total. The molecule has 5 nitrogen and oxygen atoms in total. The first kappa shape index (κ1) is 12.5. The number of carbonyl (C=O) groups is 1. The van der Waals surface area contributed by atoms with Crippen LogP contribution in [0.2, 0.25) is 0 Å². The average molecular weight is 270 g/mol. The molecule has 0 bridgehead atoms. The van der Waals surface area contributed by atoms with Gasteiger partial charge < -0.3 is 14.1 Å². The van der Waals surface area contributed by atoms with Crippen LogP contribution in [0.4, 0.5) is 0 Å². The van der Waals surface area contributed by atoms with Gasteiger partial charge in [0, 0.05) is 13.1 Å². The molecule has 0 spiro atoms. The number of nitrogens with zero attached hydrogens (tertiary/aromatic N) is 2. The van der Waals surface area contributed by atoms with Crippen molar-refractivity contribution in [3.8, 4) is 11.8 Å². The number of likely N-dealkylation sites (N-methyl/N-ethyl adjacent to an activating group) is 1. The third-order valence-electron chi connectivity index (χ3n) is 3.48. The molecule has 0 radical (unpaired) electrons. The summed E-state index contributed by atoms with van der Waals surface area (Å²) in [6, 6.07) is 9.54. The van der Waals surface area contributed by atoms with Gasteiger partial charge in [-0.1, -0.05) is 12.1 Å². The lowest BCUT2D eigenvalue weighted by atomic mass is 10.2. The molecule has 0 aliphatic heterocycles. The number of furan rings is 1. The third kappa shape index (κ3) is 2.21. The predicted octanol–water partition coefficient (Wildman–Crippen LogP) is 2.30. The largest absolute Gasteiger partial charge is 0.478 e. The van der Waals surface area contributed by atoms with E-state index in [2.05, 4.69) is 0 Å². The van der Waals surface area contributed by atoms with Gasteiger partial charge in [0.2, 0.25) is 5.76 Å². The van der Waals surface area contributed by atoms with E-state index in [9.17, 15) is 4.79 Å². The molecule has 1 aromatic carbocycles.